The van der Waals surface area contributed by atoms with Gasteiger partial charge in [0.05, 0.1) is 26.9 Å². The van der Waals surface area contributed by atoms with E-state index in [2.05, 4.69) is 0 Å². The first-order valence-corrected chi connectivity index (χ1v) is 10.6. The first kappa shape index (κ1) is 22.3. The largest absolute Gasteiger partial charge is 0.497 e. The maximum absolute atomic E-state index is 10.3. The summed E-state index contributed by atoms with van der Waals surface area (Å²) in [6, 6.07) is 25.4. The van der Waals surface area contributed by atoms with Crippen LogP contribution in [0.4, 0.5) is 0 Å². The molecule has 1 heterocycles. The van der Waals surface area contributed by atoms with E-state index in [1.165, 1.54) is 0 Å². The predicted octanol–water partition coefficient (Wildman–Crippen LogP) is 3.48. The van der Waals surface area contributed by atoms with E-state index < -0.39 is 24.1 Å². The van der Waals surface area contributed by atoms with Gasteiger partial charge >= 0.3 is 0 Å². The van der Waals surface area contributed by atoms with Crippen molar-refractivity contribution in [2.24, 2.45) is 0 Å². The van der Waals surface area contributed by atoms with Crippen molar-refractivity contribution in [1.29, 1.82) is 0 Å². The highest BCUT2D eigenvalue weighted by atomic mass is 16.6. The van der Waals surface area contributed by atoms with E-state index in [0.717, 1.165) is 28.2 Å². The van der Waals surface area contributed by atoms with Crippen LogP contribution in [0.25, 0.3) is 0 Å². The van der Waals surface area contributed by atoms with Gasteiger partial charge in [-0.05, 0) is 41.0 Å². The zero-order chi connectivity index (χ0) is 22.6. The summed E-state index contributed by atoms with van der Waals surface area (Å²) in [5.41, 5.74) is 1.71. The third-order valence-corrected chi connectivity index (χ3v) is 5.84. The van der Waals surface area contributed by atoms with E-state index in [0.29, 0.717) is 0 Å². The minimum Gasteiger partial charge on any atom is -0.497 e. The van der Waals surface area contributed by atoms with Crippen LogP contribution >= 0.6 is 0 Å². The van der Waals surface area contributed by atoms with E-state index in [1.807, 2.05) is 78.9 Å². The Morgan fingerprint density at radius 3 is 1.72 bits per heavy atom. The summed E-state index contributed by atoms with van der Waals surface area (Å²) >= 11 is 0. The van der Waals surface area contributed by atoms with Gasteiger partial charge in [0.15, 0.2) is 6.29 Å². The summed E-state index contributed by atoms with van der Waals surface area (Å²) in [5, 5.41) is 20.1. The molecule has 0 aliphatic carbocycles. The van der Waals surface area contributed by atoms with Crippen LogP contribution in [0.2, 0.25) is 0 Å². The molecule has 0 aromatic heterocycles. The zero-order valence-electron chi connectivity index (χ0n) is 18.2. The number of hydrogen-bond donors (Lipinski definition) is 2. The predicted molar refractivity (Wildman–Crippen MR) is 120 cm³/mol. The van der Waals surface area contributed by atoms with Crippen LogP contribution in [0, 0.1) is 0 Å². The Balaban J connectivity index is 1.84. The highest BCUT2D eigenvalue weighted by molar-refractivity contribution is 5.49. The minimum absolute atomic E-state index is 0.0885. The van der Waals surface area contributed by atoms with Gasteiger partial charge in [0, 0.05) is 6.42 Å². The normalized spacial score (nSPS) is 20.8. The topological polar surface area (TPSA) is 77.4 Å². The second-order valence-electron chi connectivity index (χ2n) is 7.75. The average molecular weight is 437 g/mol. The summed E-state index contributed by atoms with van der Waals surface area (Å²) < 4.78 is 22.9. The minimum atomic E-state index is -0.994. The van der Waals surface area contributed by atoms with E-state index in [4.69, 9.17) is 18.9 Å². The first-order valence-electron chi connectivity index (χ1n) is 10.6. The lowest BCUT2D eigenvalue weighted by Crippen LogP contribution is -2.38. The van der Waals surface area contributed by atoms with Gasteiger partial charge in [0.25, 0.3) is 0 Å². The molecule has 0 radical (unpaired) electrons. The van der Waals surface area contributed by atoms with Crippen molar-refractivity contribution in [3.05, 3.63) is 95.6 Å². The van der Waals surface area contributed by atoms with Gasteiger partial charge < -0.3 is 29.2 Å². The number of methoxy groups -OCH3 is 2. The number of aliphatic hydroxyl groups is 2. The SMILES string of the molecule is COc1ccc(C(OC[C@H]2O[C@@H](O)C[C@H]2O)(c2ccccc2)c2ccc(OC)cc2)cc1. The Hall–Kier alpha value is -2.90. The quantitative estimate of drug-likeness (QED) is 0.527. The van der Waals surface area contributed by atoms with Crippen molar-refractivity contribution in [1.82, 2.24) is 0 Å². The molecule has 3 aromatic rings. The third-order valence-electron chi connectivity index (χ3n) is 5.84. The Morgan fingerprint density at radius 1 is 0.781 bits per heavy atom. The van der Waals surface area contributed by atoms with Crippen molar-refractivity contribution < 1.29 is 29.2 Å². The Bertz CT molecular complexity index is 940. The lowest BCUT2D eigenvalue weighted by Gasteiger charge is -2.37. The molecule has 1 fully saturated rings. The van der Waals surface area contributed by atoms with Gasteiger partial charge in [-0.3, -0.25) is 0 Å². The van der Waals surface area contributed by atoms with Gasteiger partial charge in [-0.15, -0.1) is 0 Å². The third kappa shape index (κ3) is 4.36. The second-order valence-corrected chi connectivity index (χ2v) is 7.75. The molecular formula is C26H28O6. The molecule has 0 unspecified atom stereocenters. The molecule has 3 atom stereocenters. The Kier molecular flexibility index (Phi) is 6.77. The average Bonchev–Trinajstić information content (AvgIpc) is 3.17. The fraction of sp³-hybridized carbons (Fsp3) is 0.308. The molecule has 1 aliphatic rings. The summed E-state index contributed by atoms with van der Waals surface area (Å²) in [4.78, 5) is 0. The number of aliphatic hydroxyl groups excluding tert-OH is 2. The highest BCUT2D eigenvalue weighted by Crippen LogP contribution is 2.42. The molecule has 168 valence electrons. The van der Waals surface area contributed by atoms with Crippen molar-refractivity contribution in [3.63, 3.8) is 0 Å². The monoisotopic (exact) mass is 436 g/mol. The molecule has 2 N–H and O–H groups in total. The van der Waals surface area contributed by atoms with Crippen LogP contribution in [0.5, 0.6) is 11.5 Å². The fourth-order valence-electron chi connectivity index (χ4n) is 4.14. The van der Waals surface area contributed by atoms with Gasteiger partial charge in [0.2, 0.25) is 0 Å². The molecule has 6 nitrogen and oxygen atoms in total. The van der Waals surface area contributed by atoms with Crippen molar-refractivity contribution in [3.8, 4) is 11.5 Å². The van der Waals surface area contributed by atoms with Crippen LogP contribution in [0.15, 0.2) is 78.9 Å². The molecule has 0 amide bonds. The van der Waals surface area contributed by atoms with Crippen molar-refractivity contribution in [2.75, 3.05) is 20.8 Å². The van der Waals surface area contributed by atoms with Gasteiger partial charge in [0.1, 0.15) is 23.2 Å². The fourth-order valence-corrected chi connectivity index (χ4v) is 4.14. The molecule has 4 rings (SSSR count). The van der Waals surface area contributed by atoms with E-state index >= 15 is 0 Å². The molecular weight excluding hydrogens is 408 g/mol. The molecule has 6 heteroatoms. The van der Waals surface area contributed by atoms with Crippen molar-refractivity contribution >= 4 is 0 Å². The molecule has 1 aliphatic heterocycles. The maximum atomic E-state index is 10.3. The number of rotatable bonds is 8. The summed E-state index contributed by atoms with van der Waals surface area (Å²) in [5.74, 6) is 1.48. The molecule has 1 saturated heterocycles. The summed E-state index contributed by atoms with van der Waals surface area (Å²) in [7, 11) is 3.26. The first-order chi connectivity index (χ1) is 15.6. The molecule has 0 spiro atoms. The van der Waals surface area contributed by atoms with Gasteiger partial charge in [-0.2, -0.15) is 0 Å². The number of benzene rings is 3. The van der Waals surface area contributed by atoms with Crippen LogP contribution in [-0.4, -0.2) is 49.5 Å². The summed E-state index contributed by atoms with van der Waals surface area (Å²) in [6.45, 7) is 0.0885. The van der Waals surface area contributed by atoms with Crippen LogP contribution < -0.4 is 9.47 Å². The van der Waals surface area contributed by atoms with Crippen LogP contribution in [-0.2, 0) is 15.1 Å². The van der Waals surface area contributed by atoms with E-state index in [1.54, 1.807) is 14.2 Å². The van der Waals surface area contributed by atoms with E-state index in [9.17, 15) is 10.2 Å². The number of ether oxygens (including phenoxy) is 4. The van der Waals surface area contributed by atoms with Crippen molar-refractivity contribution in [2.45, 2.75) is 30.5 Å². The molecule has 0 saturated carbocycles. The molecule has 0 bridgehead atoms. The Morgan fingerprint density at radius 2 is 1.28 bits per heavy atom. The second kappa shape index (κ2) is 9.71. The summed E-state index contributed by atoms with van der Waals surface area (Å²) in [6.07, 6.45) is -2.27. The van der Waals surface area contributed by atoms with Crippen LogP contribution in [0.3, 0.4) is 0 Å². The zero-order valence-corrected chi connectivity index (χ0v) is 18.2. The standard InChI is InChI=1S/C26H28O6/c1-29-21-12-8-19(9-13-21)26(18-6-4-3-5-7-18,20-10-14-22(30-2)15-11-20)31-17-24-23(27)16-25(28)32-24/h3-15,23-25,27-28H,16-17H2,1-2H3/t23-,24-,25-/m1/s1. The number of hydrogen-bond acceptors (Lipinski definition) is 6. The maximum Gasteiger partial charge on any atom is 0.157 e. The van der Waals surface area contributed by atoms with Gasteiger partial charge in [-0.25, -0.2) is 0 Å². The van der Waals surface area contributed by atoms with E-state index in [-0.39, 0.29) is 13.0 Å². The Labute approximate surface area is 188 Å². The molecule has 3 aromatic carbocycles. The highest BCUT2D eigenvalue weighted by Gasteiger charge is 2.41. The lowest BCUT2D eigenvalue weighted by atomic mass is 9.80. The lowest BCUT2D eigenvalue weighted by molar-refractivity contribution is -0.130. The van der Waals surface area contributed by atoms with Crippen LogP contribution in [0.1, 0.15) is 23.1 Å². The molecule has 32 heavy (non-hydrogen) atoms. The van der Waals surface area contributed by atoms with Gasteiger partial charge in [-0.1, -0.05) is 54.6 Å². The smallest absolute Gasteiger partial charge is 0.157 e.